The lowest BCUT2D eigenvalue weighted by atomic mass is 10.2. The van der Waals surface area contributed by atoms with Crippen LogP contribution in [-0.4, -0.2) is 53.2 Å². The van der Waals surface area contributed by atoms with Gasteiger partial charge < -0.3 is 14.9 Å². The summed E-state index contributed by atoms with van der Waals surface area (Å²) in [6.45, 7) is 3.90. The smallest absolute Gasteiger partial charge is 0.251 e. The molecule has 1 aliphatic heterocycles. The van der Waals surface area contributed by atoms with Crippen LogP contribution >= 0.6 is 0 Å². The maximum absolute atomic E-state index is 11.6. The molecule has 1 aliphatic rings. The van der Waals surface area contributed by atoms with E-state index >= 15 is 0 Å². The van der Waals surface area contributed by atoms with Gasteiger partial charge in [-0.15, -0.1) is 0 Å². The fourth-order valence-corrected chi connectivity index (χ4v) is 2.08. The Hall–Kier alpha value is -2.13. The van der Waals surface area contributed by atoms with Gasteiger partial charge in [-0.1, -0.05) is 6.07 Å². The number of piperazine rings is 1. The summed E-state index contributed by atoms with van der Waals surface area (Å²) in [5.74, 6) is 0.515. The Morgan fingerprint density at radius 2 is 2.11 bits per heavy atom. The number of aliphatic hydroxyl groups is 1. The van der Waals surface area contributed by atoms with Crippen molar-refractivity contribution in [2.45, 2.75) is 13.0 Å². The molecule has 0 spiro atoms. The van der Waals surface area contributed by atoms with E-state index in [9.17, 15) is 9.90 Å². The molecule has 1 saturated heterocycles. The number of aliphatic hydroxyl groups excluding tert-OH is 1. The molecule has 0 saturated carbocycles. The number of anilines is 1. The first-order valence-corrected chi connectivity index (χ1v) is 6.21. The summed E-state index contributed by atoms with van der Waals surface area (Å²) in [6, 6.07) is 7.33. The number of nitrogens with zero attached hydrogens (tertiary/aromatic N) is 4. The van der Waals surface area contributed by atoms with Crippen LogP contribution in [-0.2, 0) is 4.79 Å². The summed E-state index contributed by atoms with van der Waals surface area (Å²) in [5, 5.41) is 18.1. The Labute approximate surface area is 111 Å². The second-order valence-electron chi connectivity index (χ2n) is 4.48. The van der Waals surface area contributed by atoms with Crippen LogP contribution in [0.2, 0.25) is 0 Å². The summed E-state index contributed by atoms with van der Waals surface area (Å²) in [7, 11) is 0. The highest BCUT2D eigenvalue weighted by Gasteiger charge is 2.24. The van der Waals surface area contributed by atoms with E-state index in [0.717, 1.165) is 5.82 Å². The van der Waals surface area contributed by atoms with Crippen LogP contribution in [0.1, 0.15) is 12.6 Å². The molecule has 6 heteroatoms. The Balaban J connectivity index is 2.00. The van der Waals surface area contributed by atoms with Crippen molar-refractivity contribution in [2.75, 3.05) is 31.1 Å². The molecular weight excluding hydrogens is 244 g/mol. The van der Waals surface area contributed by atoms with Gasteiger partial charge in [-0.3, -0.25) is 4.79 Å². The van der Waals surface area contributed by atoms with Crippen molar-refractivity contribution >= 4 is 11.7 Å². The van der Waals surface area contributed by atoms with E-state index in [2.05, 4.69) is 4.98 Å². The lowest BCUT2D eigenvalue weighted by molar-refractivity contribution is -0.139. The average Bonchev–Trinajstić information content (AvgIpc) is 2.46. The maximum atomic E-state index is 11.6. The normalized spacial score (nSPS) is 16.9. The van der Waals surface area contributed by atoms with E-state index in [1.165, 1.54) is 6.92 Å². The van der Waals surface area contributed by atoms with Crippen molar-refractivity contribution in [3.05, 3.63) is 23.9 Å². The second kappa shape index (κ2) is 5.67. The zero-order valence-corrected chi connectivity index (χ0v) is 10.8. The van der Waals surface area contributed by atoms with Crippen LogP contribution in [0.5, 0.6) is 0 Å². The summed E-state index contributed by atoms with van der Waals surface area (Å²) in [4.78, 5) is 19.6. The Bertz CT molecular complexity index is 502. The first-order valence-electron chi connectivity index (χ1n) is 6.21. The second-order valence-corrected chi connectivity index (χ2v) is 4.48. The van der Waals surface area contributed by atoms with E-state index in [4.69, 9.17) is 5.26 Å². The molecule has 19 heavy (non-hydrogen) atoms. The van der Waals surface area contributed by atoms with Gasteiger partial charge in [-0.05, 0) is 19.1 Å². The number of nitriles is 1. The molecule has 1 fully saturated rings. The molecule has 1 N–H and O–H groups in total. The van der Waals surface area contributed by atoms with Gasteiger partial charge in [0.1, 0.15) is 23.7 Å². The zero-order chi connectivity index (χ0) is 13.8. The zero-order valence-electron chi connectivity index (χ0n) is 10.8. The standard InChI is InChI=1S/C13H16N4O2/c1-10(18)13(19)17-7-5-16(6-8-17)12-4-2-3-11(9-14)15-12/h2-4,10,18H,5-8H2,1H3. The Kier molecular flexibility index (Phi) is 3.97. The number of pyridine rings is 1. The number of amides is 1. The highest BCUT2D eigenvalue weighted by atomic mass is 16.3. The van der Waals surface area contributed by atoms with Gasteiger partial charge in [-0.2, -0.15) is 5.26 Å². The largest absolute Gasteiger partial charge is 0.384 e. The average molecular weight is 260 g/mol. The summed E-state index contributed by atoms with van der Waals surface area (Å²) in [5.41, 5.74) is 0.389. The van der Waals surface area contributed by atoms with Crippen LogP contribution in [0.25, 0.3) is 0 Å². The number of aromatic nitrogens is 1. The van der Waals surface area contributed by atoms with Crippen molar-refractivity contribution in [3.8, 4) is 6.07 Å². The summed E-state index contributed by atoms with van der Waals surface area (Å²) < 4.78 is 0. The number of carbonyl (C=O) groups excluding carboxylic acids is 1. The van der Waals surface area contributed by atoms with E-state index in [1.54, 1.807) is 17.0 Å². The topological polar surface area (TPSA) is 80.5 Å². The van der Waals surface area contributed by atoms with Crippen molar-refractivity contribution in [1.82, 2.24) is 9.88 Å². The molecule has 1 atom stereocenters. The first-order chi connectivity index (χ1) is 9.11. The minimum Gasteiger partial charge on any atom is -0.384 e. The van der Waals surface area contributed by atoms with Crippen molar-refractivity contribution in [2.24, 2.45) is 0 Å². The molecule has 6 nitrogen and oxygen atoms in total. The molecule has 0 aromatic carbocycles. The molecule has 2 rings (SSSR count). The molecule has 0 radical (unpaired) electrons. The highest BCUT2D eigenvalue weighted by molar-refractivity contribution is 5.80. The van der Waals surface area contributed by atoms with E-state index in [0.29, 0.717) is 31.9 Å². The van der Waals surface area contributed by atoms with Gasteiger partial charge in [0.15, 0.2) is 0 Å². The monoisotopic (exact) mass is 260 g/mol. The fourth-order valence-electron chi connectivity index (χ4n) is 2.08. The molecule has 1 aromatic rings. The van der Waals surface area contributed by atoms with Gasteiger partial charge in [0.05, 0.1) is 0 Å². The molecule has 1 amide bonds. The predicted molar refractivity (Wildman–Crippen MR) is 69.4 cm³/mol. The van der Waals surface area contributed by atoms with Crippen molar-refractivity contribution < 1.29 is 9.90 Å². The van der Waals surface area contributed by atoms with Gasteiger partial charge in [0.2, 0.25) is 0 Å². The third-order valence-corrected chi connectivity index (χ3v) is 3.12. The quantitative estimate of drug-likeness (QED) is 0.808. The summed E-state index contributed by atoms with van der Waals surface area (Å²) >= 11 is 0. The molecule has 0 aliphatic carbocycles. The number of carbonyl (C=O) groups is 1. The third-order valence-electron chi connectivity index (χ3n) is 3.12. The third kappa shape index (κ3) is 3.01. The number of hydrogen-bond acceptors (Lipinski definition) is 5. The van der Waals surface area contributed by atoms with Gasteiger partial charge in [0, 0.05) is 26.2 Å². The highest BCUT2D eigenvalue weighted by Crippen LogP contribution is 2.14. The van der Waals surface area contributed by atoms with Crippen LogP contribution in [0, 0.1) is 11.3 Å². The van der Waals surface area contributed by atoms with Crippen LogP contribution in [0.4, 0.5) is 5.82 Å². The van der Waals surface area contributed by atoms with E-state index in [-0.39, 0.29) is 5.91 Å². The lowest BCUT2D eigenvalue weighted by Crippen LogP contribution is -2.51. The molecule has 0 bridgehead atoms. The van der Waals surface area contributed by atoms with Crippen molar-refractivity contribution in [3.63, 3.8) is 0 Å². The first kappa shape index (κ1) is 13.3. The number of hydrogen-bond donors (Lipinski definition) is 1. The van der Waals surface area contributed by atoms with Crippen LogP contribution in [0.3, 0.4) is 0 Å². The maximum Gasteiger partial charge on any atom is 0.251 e. The minimum atomic E-state index is -0.952. The van der Waals surface area contributed by atoms with Gasteiger partial charge in [-0.25, -0.2) is 4.98 Å². The molecule has 100 valence electrons. The molecule has 1 aromatic heterocycles. The Morgan fingerprint density at radius 1 is 1.42 bits per heavy atom. The number of rotatable bonds is 2. The van der Waals surface area contributed by atoms with E-state index < -0.39 is 6.10 Å². The van der Waals surface area contributed by atoms with Crippen LogP contribution < -0.4 is 4.90 Å². The Morgan fingerprint density at radius 3 is 2.68 bits per heavy atom. The summed E-state index contributed by atoms with van der Waals surface area (Å²) in [6.07, 6.45) is -0.952. The van der Waals surface area contributed by atoms with Gasteiger partial charge >= 0.3 is 0 Å². The SMILES string of the molecule is CC(O)C(=O)N1CCN(c2cccc(C#N)n2)CC1. The molecular formula is C13H16N4O2. The molecule has 2 heterocycles. The fraction of sp³-hybridized carbons (Fsp3) is 0.462. The lowest BCUT2D eigenvalue weighted by Gasteiger charge is -2.35. The van der Waals surface area contributed by atoms with E-state index in [1.807, 2.05) is 17.0 Å². The van der Waals surface area contributed by atoms with Gasteiger partial charge in [0.25, 0.3) is 5.91 Å². The molecule has 1 unspecified atom stereocenters. The van der Waals surface area contributed by atoms with Crippen LogP contribution in [0.15, 0.2) is 18.2 Å². The van der Waals surface area contributed by atoms with Crippen molar-refractivity contribution in [1.29, 1.82) is 5.26 Å². The minimum absolute atomic E-state index is 0.238. The predicted octanol–water partition coefficient (Wildman–Crippen LogP) is -0.0173.